The Morgan fingerprint density at radius 2 is 1.85 bits per heavy atom. The quantitative estimate of drug-likeness (QED) is 0.0934. The van der Waals surface area contributed by atoms with Crippen LogP contribution >= 0.6 is 0 Å². The summed E-state index contributed by atoms with van der Waals surface area (Å²) in [6.07, 6.45) is 4.61. The molecular formula is C29H24N6O4S. The molecule has 0 bridgehead atoms. The van der Waals surface area contributed by atoms with Gasteiger partial charge in [-0.1, -0.05) is 41.2 Å². The van der Waals surface area contributed by atoms with Gasteiger partial charge in [-0.2, -0.15) is 4.36 Å². The average molecular weight is 553 g/mol. The number of amides is 2. The van der Waals surface area contributed by atoms with Crippen molar-refractivity contribution in [2.45, 2.75) is 18.2 Å². The highest BCUT2D eigenvalue weighted by atomic mass is 32.2. The van der Waals surface area contributed by atoms with Crippen LogP contribution in [0, 0.1) is 18.8 Å². The summed E-state index contributed by atoms with van der Waals surface area (Å²) in [4.78, 5) is 32.7. The minimum Gasteiger partial charge on any atom is -0.459 e. The molecule has 0 fully saturated rings. The van der Waals surface area contributed by atoms with Crippen molar-refractivity contribution in [3.63, 3.8) is 0 Å². The smallest absolute Gasteiger partial charge is 0.291 e. The van der Waals surface area contributed by atoms with Crippen molar-refractivity contribution in [3.05, 3.63) is 124 Å². The molecule has 1 N–H and O–H groups in total. The topological polar surface area (TPSA) is 150 Å². The Kier molecular flexibility index (Phi) is 9.10. The SMILES string of the molecule is Cc1ccoc1C(=O)Nc1cccc(C#Cc2cncc(C(=O)N=[S@](=O)(CCCN=[N+]=[N-])c3ccccc3)c2)c1. The number of rotatable bonds is 8. The number of anilines is 1. The van der Waals surface area contributed by atoms with Crippen LogP contribution in [-0.4, -0.2) is 33.3 Å². The molecule has 4 rings (SSSR count). The lowest BCUT2D eigenvalue weighted by Crippen LogP contribution is -2.12. The van der Waals surface area contributed by atoms with E-state index in [9.17, 15) is 13.8 Å². The first-order valence-electron chi connectivity index (χ1n) is 12.2. The fourth-order valence-corrected chi connectivity index (χ4v) is 5.56. The largest absolute Gasteiger partial charge is 0.459 e. The van der Waals surface area contributed by atoms with Gasteiger partial charge >= 0.3 is 0 Å². The molecule has 0 aliphatic heterocycles. The van der Waals surface area contributed by atoms with Gasteiger partial charge in [0.2, 0.25) is 0 Å². The number of aromatic nitrogens is 1. The number of carbonyl (C=O) groups excluding carboxylic acids is 2. The first-order valence-corrected chi connectivity index (χ1v) is 13.8. The molecule has 2 heterocycles. The van der Waals surface area contributed by atoms with E-state index in [2.05, 4.69) is 36.5 Å². The molecule has 11 heteroatoms. The number of nitrogens with one attached hydrogen (secondary N) is 1. The van der Waals surface area contributed by atoms with Gasteiger partial charge in [0, 0.05) is 56.9 Å². The summed E-state index contributed by atoms with van der Waals surface area (Å²) in [5.41, 5.74) is 11.0. The fraction of sp³-hybridized carbons (Fsp3) is 0.138. The summed E-state index contributed by atoms with van der Waals surface area (Å²) >= 11 is 0. The molecule has 0 saturated heterocycles. The lowest BCUT2D eigenvalue weighted by atomic mass is 10.1. The van der Waals surface area contributed by atoms with Crippen molar-refractivity contribution >= 4 is 27.2 Å². The lowest BCUT2D eigenvalue weighted by Gasteiger charge is -2.09. The molecule has 0 aliphatic rings. The Bertz CT molecular complexity index is 1770. The highest BCUT2D eigenvalue weighted by Crippen LogP contribution is 2.18. The molecule has 10 nitrogen and oxygen atoms in total. The van der Waals surface area contributed by atoms with Crippen LogP contribution in [0.5, 0.6) is 0 Å². The van der Waals surface area contributed by atoms with Crippen molar-refractivity contribution in [1.82, 2.24) is 4.98 Å². The molecule has 0 unspecified atom stereocenters. The third-order valence-electron chi connectivity index (χ3n) is 5.61. The standard InChI is InChI=1S/C29H24N6O4S/c1-21-13-15-39-27(21)29(37)33-25-8-5-7-22(18-25)11-12-23-17-24(20-31-19-23)28(36)34-40(38,16-6-14-32-35-30)26-9-3-2-4-10-26/h2-5,7-10,13,15,17-20H,6,14,16H2,1H3,(H,33,37)/t40-/m0/s1. The van der Waals surface area contributed by atoms with Gasteiger partial charge < -0.3 is 9.73 Å². The molecule has 0 aliphatic carbocycles. The van der Waals surface area contributed by atoms with Gasteiger partial charge in [-0.15, -0.1) is 0 Å². The van der Waals surface area contributed by atoms with Crippen LogP contribution in [-0.2, 0) is 9.73 Å². The van der Waals surface area contributed by atoms with Crippen molar-refractivity contribution in [3.8, 4) is 11.8 Å². The number of aryl methyl sites for hydroxylation is 1. The van der Waals surface area contributed by atoms with E-state index in [0.717, 1.165) is 5.56 Å². The maximum absolute atomic E-state index is 13.7. The lowest BCUT2D eigenvalue weighted by molar-refractivity contribution is 0.0991. The Hall–Kier alpha value is -5.17. The van der Waals surface area contributed by atoms with E-state index in [0.29, 0.717) is 28.1 Å². The number of nitrogens with zero attached hydrogens (tertiary/aromatic N) is 5. The van der Waals surface area contributed by atoms with E-state index in [1.54, 1.807) is 67.6 Å². The molecule has 40 heavy (non-hydrogen) atoms. The second kappa shape index (κ2) is 13.1. The average Bonchev–Trinajstić information content (AvgIpc) is 3.41. The first kappa shape index (κ1) is 27.9. The molecular weight excluding hydrogens is 528 g/mol. The predicted molar refractivity (Wildman–Crippen MR) is 151 cm³/mol. The third-order valence-corrected chi connectivity index (χ3v) is 7.92. The number of benzene rings is 2. The molecule has 2 aromatic heterocycles. The first-order chi connectivity index (χ1) is 19.4. The van der Waals surface area contributed by atoms with E-state index in [-0.39, 0.29) is 29.5 Å². The van der Waals surface area contributed by atoms with Gasteiger partial charge in [0.05, 0.1) is 21.6 Å². The molecule has 200 valence electrons. The van der Waals surface area contributed by atoms with Crippen molar-refractivity contribution in [2.24, 2.45) is 9.48 Å². The van der Waals surface area contributed by atoms with Gasteiger partial charge in [0.15, 0.2) is 5.76 Å². The zero-order valence-corrected chi connectivity index (χ0v) is 22.3. The second-order valence-corrected chi connectivity index (χ2v) is 10.9. The summed E-state index contributed by atoms with van der Waals surface area (Å²) in [6, 6.07) is 18.8. The zero-order valence-electron chi connectivity index (χ0n) is 21.5. The summed E-state index contributed by atoms with van der Waals surface area (Å²) in [6.45, 7) is 1.93. The van der Waals surface area contributed by atoms with Crippen LogP contribution in [0.25, 0.3) is 10.4 Å². The minimum atomic E-state index is -3.11. The number of hydrogen-bond acceptors (Lipinski definition) is 6. The van der Waals surface area contributed by atoms with Crippen LogP contribution in [0.2, 0.25) is 0 Å². The number of pyridine rings is 1. The van der Waals surface area contributed by atoms with E-state index in [1.807, 2.05) is 0 Å². The maximum Gasteiger partial charge on any atom is 0.291 e. The summed E-state index contributed by atoms with van der Waals surface area (Å²) < 4.78 is 23.0. The Balaban J connectivity index is 1.54. The van der Waals surface area contributed by atoms with Crippen LogP contribution in [0.1, 0.15) is 44.0 Å². The van der Waals surface area contributed by atoms with Crippen LogP contribution in [0.15, 0.2) is 104 Å². The monoisotopic (exact) mass is 552 g/mol. The van der Waals surface area contributed by atoms with E-state index in [4.69, 9.17) is 9.95 Å². The number of azide groups is 1. The third kappa shape index (κ3) is 7.23. The van der Waals surface area contributed by atoms with Crippen molar-refractivity contribution in [2.75, 3.05) is 17.6 Å². The van der Waals surface area contributed by atoms with E-state index >= 15 is 0 Å². The fourth-order valence-electron chi connectivity index (χ4n) is 3.65. The number of hydrogen-bond donors (Lipinski definition) is 1. The van der Waals surface area contributed by atoms with Crippen molar-refractivity contribution in [1.29, 1.82) is 0 Å². The molecule has 0 radical (unpaired) electrons. The molecule has 0 saturated carbocycles. The van der Waals surface area contributed by atoms with Crippen LogP contribution in [0.3, 0.4) is 0 Å². The summed E-state index contributed by atoms with van der Waals surface area (Å²) in [5, 5.41) is 6.26. The molecule has 2 amide bonds. The van der Waals surface area contributed by atoms with Gasteiger partial charge in [-0.05, 0) is 61.3 Å². The molecule has 2 aromatic carbocycles. The highest BCUT2D eigenvalue weighted by Gasteiger charge is 2.17. The molecule has 4 aromatic rings. The summed E-state index contributed by atoms with van der Waals surface area (Å²) in [5.74, 6) is 5.20. The minimum absolute atomic E-state index is 0.0566. The Morgan fingerprint density at radius 1 is 1.05 bits per heavy atom. The zero-order chi connectivity index (χ0) is 28.4. The van der Waals surface area contributed by atoms with E-state index in [1.165, 1.54) is 24.7 Å². The molecule has 1 atom stereocenters. The summed E-state index contributed by atoms with van der Waals surface area (Å²) in [7, 11) is -3.11. The van der Waals surface area contributed by atoms with Gasteiger partial charge in [-0.25, -0.2) is 4.21 Å². The van der Waals surface area contributed by atoms with Gasteiger partial charge in [-0.3, -0.25) is 14.6 Å². The van der Waals surface area contributed by atoms with Crippen molar-refractivity contribution < 1.29 is 18.2 Å². The number of furan rings is 1. The Morgan fingerprint density at radius 3 is 2.60 bits per heavy atom. The van der Waals surface area contributed by atoms with E-state index < -0.39 is 15.6 Å². The second-order valence-electron chi connectivity index (χ2n) is 8.54. The molecule has 0 spiro atoms. The predicted octanol–water partition coefficient (Wildman–Crippen LogP) is 6.00. The normalized spacial score (nSPS) is 11.7. The maximum atomic E-state index is 13.7. The highest BCUT2D eigenvalue weighted by molar-refractivity contribution is 7.94. The van der Waals surface area contributed by atoms with Gasteiger partial charge in [0.1, 0.15) is 0 Å². The van der Waals surface area contributed by atoms with Crippen LogP contribution < -0.4 is 5.32 Å². The van der Waals surface area contributed by atoms with Crippen LogP contribution in [0.4, 0.5) is 5.69 Å². The van der Waals surface area contributed by atoms with Gasteiger partial charge in [0.25, 0.3) is 11.8 Å². The Labute approximate surface area is 231 Å². The number of carbonyl (C=O) groups is 2.